The van der Waals surface area contributed by atoms with Gasteiger partial charge in [0.2, 0.25) is 5.84 Å². The van der Waals surface area contributed by atoms with Gasteiger partial charge >= 0.3 is 0 Å². The van der Waals surface area contributed by atoms with E-state index in [9.17, 15) is 0 Å². The van der Waals surface area contributed by atoms with E-state index >= 15 is 0 Å². The van der Waals surface area contributed by atoms with Crippen LogP contribution in [0.3, 0.4) is 0 Å². The summed E-state index contributed by atoms with van der Waals surface area (Å²) in [5.41, 5.74) is 0.762. The van der Waals surface area contributed by atoms with Crippen LogP contribution in [-0.4, -0.2) is 16.7 Å². The lowest BCUT2D eigenvalue weighted by molar-refractivity contribution is 1.22. The smallest absolute Gasteiger partial charge is 0.202 e. The van der Waals surface area contributed by atoms with Gasteiger partial charge in [-0.1, -0.05) is 6.07 Å². The predicted molar refractivity (Wildman–Crippen MR) is 46.0 cm³/mol. The summed E-state index contributed by atoms with van der Waals surface area (Å²) >= 11 is 0. The molecule has 1 aromatic heterocycles. The highest BCUT2D eigenvalue weighted by atomic mass is 15.3. The van der Waals surface area contributed by atoms with E-state index < -0.39 is 0 Å². The van der Waals surface area contributed by atoms with Crippen molar-refractivity contribution in [2.45, 2.75) is 6.92 Å². The third-order valence-electron chi connectivity index (χ3n) is 1.45. The van der Waals surface area contributed by atoms with Crippen LogP contribution in [0.1, 0.15) is 12.6 Å². The Morgan fingerprint density at radius 2 is 2.08 bits per heavy atom. The van der Waals surface area contributed by atoms with Gasteiger partial charge in [-0.05, 0) is 19.1 Å². The van der Waals surface area contributed by atoms with Crippen LogP contribution in [-0.2, 0) is 0 Å². The molecule has 0 aromatic carbocycles. The van der Waals surface area contributed by atoms with Crippen LogP contribution in [0.15, 0.2) is 34.6 Å². The molecular formula is C8H7N4. The maximum absolute atomic E-state index is 4.10. The molecule has 59 valence electrons. The van der Waals surface area contributed by atoms with Crippen molar-refractivity contribution in [3.8, 4) is 0 Å². The summed E-state index contributed by atoms with van der Waals surface area (Å²) in [5.74, 6) is 1.27. The minimum Gasteiger partial charge on any atom is -0.253 e. The highest BCUT2D eigenvalue weighted by Crippen LogP contribution is 2.00. The van der Waals surface area contributed by atoms with Crippen LogP contribution >= 0.6 is 0 Å². The average Bonchev–Trinajstić information content (AvgIpc) is 2.54. The third kappa shape index (κ3) is 1.18. The minimum atomic E-state index is 0.591. The standard InChI is InChI=1S/C8H7N4/c1-6-10-8(12-11-6)7-4-2-3-5-9-7/h2-5H,1H3. The monoisotopic (exact) mass is 159 g/mol. The van der Waals surface area contributed by atoms with Gasteiger partial charge in [0, 0.05) is 6.20 Å². The van der Waals surface area contributed by atoms with Crippen molar-refractivity contribution in [1.82, 2.24) is 10.3 Å². The Kier molecular flexibility index (Phi) is 1.59. The molecule has 0 amide bonds. The van der Waals surface area contributed by atoms with Gasteiger partial charge in [-0.15, -0.1) is 10.2 Å². The fourth-order valence-electron chi connectivity index (χ4n) is 0.921. The van der Waals surface area contributed by atoms with Gasteiger partial charge in [-0.3, -0.25) is 4.98 Å². The molecule has 0 fully saturated rings. The number of pyridine rings is 1. The van der Waals surface area contributed by atoms with Crippen LogP contribution in [0.2, 0.25) is 0 Å². The number of rotatable bonds is 1. The first-order valence-electron chi connectivity index (χ1n) is 3.61. The van der Waals surface area contributed by atoms with Crippen LogP contribution in [0.4, 0.5) is 0 Å². The predicted octanol–water partition coefficient (Wildman–Crippen LogP) is 0.780. The van der Waals surface area contributed by atoms with Crippen molar-refractivity contribution in [3.63, 3.8) is 0 Å². The molecule has 1 aromatic rings. The molecule has 0 aliphatic carbocycles. The van der Waals surface area contributed by atoms with Crippen molar-refractivity contribution in [1.29, 1.82) is 0 Å². The number of hydrogen-bond acceptors (Lipinski definition) is 3. The summed E-state index contributed by atoms with van der Waals surface area (Å²) in [4.78, 5) is 4.10. The van der Waals surface area contributed by atoms with Gasteiger partial charge in [0.15, 0.2) is 5.84 Å². The Bertz CT molecular complexity index is 339. The fourth-order valence-corrected chi connectivity index (χ4v) is 0.921. The molecule has 1 aliphatic rings. The zero-order valence-electron chi connectivity index (χ0n) is 6.60. The molecule has 4 nitrogen and oxygen atoms in total. The van der Waals surface area contributed by atoms with E-state index in [1.54, 1.807) is 13.1 Å². The summed E-state index contributed by atoms with van der Waals surface area (Å²) in [6.45, 7) is 1.80. The molecule has 0 bridgehead atoms. The van der Waals surface area contributed by atoms with Crippen molar-refractivity contribution < 1.29 is 0 Å². The lowest BCUT2D eigenvalue weighted by Crippen LogP contribution is -2.17. The second-order valence-corrected chi connectivity index (χ2v) is 2.40. The number of amidine groups is 2. The van der Waals surface area contributed by atoms with Crippen LogP contribution < -0.4 is 5.32 Å². The fraction of sp³-hybridized carbons (Fsp3) is 0.125. The molecule has 1 aliphatic heterocycles. The molecule has 0 saturated heterocycles. The van der Waals surface area contributed by atoms with Crippen molar-refractivity contribution >= 4 is 11.7 Å². The molecular weight excluding hydrogens is 152 g/mol. The van der Waals surface area contributed by atoms with E-state index in [0.29, 0.717) is 11.7 Å². The topological polar surface area (TPSA) is 51.7 Å². The molecule has 4 heteroatoms. The number of hydrogen-bond donors (Lipinski definition) is 0. The minimum absolute atomic E-state index is 0.591. The van der Waals surface area contributed by atoms with Gasteiger partial charge in [0.1, 0.15) is 5.69 Å². The van der Waals surface area contributed by atoms with Crippen molar-refractivity contribution in [2.75, 3.05) is 0 Å². The first kappa shape index (κ1) is 6.97. The zero-order valence-corrected chi connectivity index (χ0v) is 6.60. The second kappa shape index (κ2) is 2.73. The molecule has 0 unspecified atom stereocenters. The Morgan fingerprint density at radius 1 is 1.17 bits per heavy atom. The average molecular weight is 159 g/mol. The maximum Gasteiger partial charge on any atom is 0.202 e. The van der Waals surface area contributed by atoms with Crippen molar-refractivity contribution in [3.05, 3.63) is 30.1 Å². The van der Waals surface area contributed by atoms with E-state index in [1.807, 2.05) is 18.2 Å². The lowest BCUT2D eigenvalue weighted by atomic mass is 10.3. The summed E-state index contributed by atoms with van der Waals surface area (Å²) in [7, 11) is 0. The van der Waals surface area contributed by atoms with E-state index in [4.69, 9.17) is 0 Å². The Balaban J connectivity index is 2.25. The van der Waals surface area contributed by atoms with E-state index in [0.717, 1.165) is 5.69 Å². The largest absolute Gasteiger partial charge is 0.253 e. The van der Waals surface area contributed by atoms with Crippen LogP contribution in [0, 0.1) is 0 Å². The Morgan fingerprint density at radius 3 is 2.67 bits per heavy atom. The SMILES string of the molecule is CC1=NN=C(c2ccccn2)[N]1. The first-order chi connectivity index (χ1) is 5.86. The zero-order chi connectivity index (χ0) is 8.39. The van der Waals surface area contributed by atoms with Gasteiger partial charge in [-0.25, -0.2) is 5.32 Å². The Hall–Kier alpha value is -1.71. The molecule has 0 spiro atoms. The highest BCUT2D eigenvalue weighted by Gasteiger charge is 2.11. The van der Waals surface area contributed by atoms with Crippen LogP contribution in [0.5, 0.6) is 0 Å². The molecule has 2 rings (SSSR count). The van der Waals surface area contributed by atoms with E-state index in [-0.39, 0.29) is 0 Å². The summed E-state index contributed by atoms with van der Waals surface area (Å²) < 4.78 is 0. The number of aromatic nitrogens is 1. The Labute approximate surface area is 70.1 Å². The summed E-state index contributed by atoms with van der Waals surface area (Å²) in [6.07, 6.45) is 1.71. The van der Waals surface area contributed by atoms with Gasteiger partial charge in [-0.2, -0.15) is 0 Å². The van der Waals surface area contributed by atoms with Gasteiger partial charge in [0.05, 0.1) is 0 Å². The van der Waals surface area contributed by atoms with Crippen LogP contribution in [0.25, 0.3) is 0 Å². The lowest BCUT2D eigenvalue weighted by Gasteiger charge is -1.95. The molecule has 0 N–H and O–H groups in total. The molecule has 12 heavy (non-hydrogen) atoms. The molecule has 0 atom stereocenters. The first-order valence-corrected chi connectivity index (χ1v) is 3.61. The van der Waals surface area contributed by atoms with E-state index in [2.05, 4.69) is 20.5 Å². The van der Waals surface area contributed by atoms with Crippen molar-refractivity contribution in [2.24, 2.45) is 10.2 Å². The van der Waals surface area contributed by atoms with Gasteiger partial charge in [0.25, 0.3) is 0 Å². The quantitative estimate of drug-likeness (QED) is 0.597. The van der Waals surface area contributed by atoms with E-state index in [1.165, 1.54) is 0 Å². The third-order valence-corrected chi connectivity index (χ3v) is 1.45. The molecule has 0 saturated carbocycles. The second-order valence-electron chi connectivity index (χ2n) is 2.40. The normalized spacial score (nSPS) is 15.1. The highest BCUT2D eigenvalue weighted by molar-refractivity contribution is 6.09. The van der Waals surface area contributed by atoms with Gasteiger partial charge < -0.3 is 0 Å². The molecule has 1 radical (unpaired) electrons. The summed E-state index contributed by atoms with van der Waals surface area (Å²) in [6, 6.07) is 5.61. The maximum atomic E-state index is 4.10. The summed E-state index contributed by atoms with van der Waals surface area (Å²) in [5, 5.41) is 11.8. The molecule has 2 heterocycles. The number of nitrogens with zero attached hydrogens (tertiary/aromatic N) is 4.